The standard InChI is InChI=1S/C30H46N4O7S2/c1-20(2)31-30(37)32-24-12-13-26-25(16-24)29(36)34(22(4)19-35)17-21(3)27(40-14-8-7-10-23(5)41-26)18-33(6)43(38,39)28-11-9-15-42-28/h9,11-13,15-16,20-23,27,35H,7-8,10,14,17-19H2,1-6H3,(H2,31,32,37)/t21-,22-,23-,27-/m0/s1. The minimum Gasteiger partial charge on any atom is -0.490 e. The molecule has 0 saturated heterocycles. The fourth-order valence-electron chi connectivity index (χ4n) is 4.81. The van der Waals surface area contributed by atoms with Crippen molar-refractivity contribution in [2.75, 3.05) is 38.7 Å². The molecule has 13 heteroatoms. The number of ether oxygens (including phenoxy) is 2. The van der Waals surface area contributed by atoms with E-state index in [4.69, 9.17) is 9.47 Å². The number of benzene rings is 1. The topological polar surface area (TPSA) is 138 Å². The number of aliphatic hydroxyl groups is 1. The third kappa shape index (κ3) is 9.64. The molecule has 1 aliphatic heterocycles. The lowest BCUT2D eigenvalue weighted by Gasteiger charge is -2.35. The smallest absolute Gasteiger partial charge is 0.319 e. The van der Waals surface area contributed by atoms with Crippen LogP contribution in [0.1, 0.15) is 64.2 Å². The molecule has 0 radical (unpaired) electrons. The number of carbonyl (C=O) groups excluding carboxylic acids is 2. The van der Waals surface area contributed by atoms with Crippen LogP contribution in [-0.2, 0) is 14.8 Å². The van der Waals surface area contributed by atoms with Gasteiger partial charge in [-0.25, -0.2) is 13.2 Å². The van der Waals surface area contributed by atoms with Gasteiger partial charge in [0.05, 0.1) is 30.4 Å². The Bertz CT molecular complexity index is 1300. The predicted molar refractivity (Wildman–Crippen MR) is 168 cm³/mol. The average Bonchev–Trinajstić information content (AvgIpc) is 3.50. The molecule has 3 rings (SSSR count). The Labute approximate surface area is 259 Å². The monoisotopic (exact) mass is 638 g/mol. The van der Waals surface area contributed by atoms with Crippen LogP contribution >= 0.6 is 11.3 Å². The van der Waals surface area contributed by atoms with E-state index >= 15 is 0 Å². The maximum Gasteiger partial charge on any atom is 0.319 e. The SMILES string of the molecule is CC(C)NC(=O)Nc1ccc2c(c1)C(=O)N([C@@H](C)CO)C[C@H](C)[C@H](CN(C)S(=O)(=O)c1cccs1)OCCCC[C@H](C)O2. The number of fused-ring (bicyclic) bond motifs is 1. The van der Waals surface area contributed by atoms with Crippen LogP contribution in [0.15, 0.2) is 39.9 Å². The van der Waals surface area contributed by atoms with Gasteiger partial charge in [-0.15, -0.1) is 11.3 Å². The number of hydrogen-bond acceptors (Lipinski definition) is 8. The van der Waals surface area contributed by atoms with Gasteiger partial charge in [-0.2, -0.15) is 4.31 Å². The molecular weight excluding hydrogens is 592 g/mol. The first-order chi connectivity index (χ1) is 20.3. The number of hydrogen-bond donors (Lipinski definition) is 3. The van der Waals surface area contributed by atoms with E-state index in [0.717, 1.165) is 30.6 Å². The first kappa shape index (κ1) is 34.8. The lowest BCUT2D eigenvalue weighted by Crippen LogP contribution is -2.48. The number of likely N-dealkylation sites (N-methyl/N-ethyl adjacent to an activating group) is 1. The summed E-state index contributed by atoms with van der Waals surface area (Å²) in [5.74, 6) is -0.274. The highest BCUT2D eigenvalue weighted by Crippen LogP contribution is 2.29. The van der Waals surface area contributed by atoms with Gasteiger partial charge in [0.15, 0.2) is 0 Å². The van der Waals surface area contributed by atoms with Crippen LogP contribution < -0.4 is 15.4 Å². The highest BCUT2D eigenvalue weighted by Gasteiger charge is 2.32. The van der Waals surface area contributed by atoms with E-state index in [0.29, 0.717) is 18.0 Å². The highest BCUT2D eigenvalue weighted by molar-refractivity contribution is 7.91. The number of nitrogens with zero attached hydrogens (tertiary/aromatic N) is 2. The maximum absolute atomic E-state index is 14.2. The number of rotatable bonds is 8. The van der Waals surface area contributed by atoms with Crippen molar-refractivity contribution in [2.45, 2.75) is 82.4 Å². The number of anilines is 1. The van der Waals surface area contributed by atoms with Crippen molar-refractivity contribution in [1.29, 1.82) is 0 Å². The van der Waals surface area contributed by atoms with E-state index < -0.39 is 28.2 Å². The molecule has 1 aromatic heterocycles. The molecule has 0 spiro atoms. The van der Waals surface area contributed by atoms with Crippen molar-refractivity contribution in [3.05, 3.63) is 41.3 Å². The van der Waals surface area contributed by atoms with Gasteiger partial charge >= 0.3 is 6.03 Å². The molecule has 0 unspecified atom stereocenters. The highest BCUT2D eigenvalue weighted by atomic mass is 32.2. The molecule has 3 N–H and O–H groups in total. The van der Waals surface area contributed by atoms with Crippen LogP contribution in [0, 0.1) is 5.92 Å². The van der Waals surface area contributed by atoms with Crippen molar-refractivity contribution >= 4 is 39.0 Å². The van der Waals surface area contributed by atoms with Crippen molar-refractivity contribution in [1.82, 2.24) is 14.5 Å². The minimum atomic E-state index is -3.70. The summed E-state index contributed by atoms with van der Waals surface area (Å²) < 4.78 is 40.4. The number of aliphatic hydroxyl groups excluding tert-OH is 1. The number of thiophene rings is 1. The third-order valence-electron chi connectivity index (χ3n) is 7.33. The van der Waals surface area contributed by atoms with E-state index in [1.807, 2.05) is 27.7 Å². The largest absolute Gasteiger partial charge is 0.490 e. The summed E-state index contributed by atoms with van der Waals surface area (Å²) in [6.07, 6.45) is 1.59. The number of sulfonamides is 1. The van der Waals surface area contributed by atoms with Gasteiger partial charge in [-0.3, -0.25) is 4.79 Å². The summed E-state index contributed by atoms with van der Waals surface area (Å²) in [4.78, 5) is 28.1. The summed E-state index contributed by atoms with van der Waals surface area (Å²) in [7, 11) is -2.16. The van der Waals surface area contributed by atoms with Crippen LogP contribution in [0.5, 0.6) is 5.75 Å². The normalized spacial score (nSPS) is 21.6. The summed E-state index contributed by atoms with van der Waals surface area (Å²) in [5, 5.41) is 17.4. The quantitative estimate of drug-likeness (QED) is 0.390. The second kappa shape index (κ2) is 15.8. The first-order valence-corrected chi connectivity index (χ1v) is 17.1. The van der Waals surface area contributed by atoms with Gasteiger partial charge < -0.3 is 30.1 Å². The number of nitrogens with one attached hydrogen (secondary N) is 2. The molecular formula is C30H46N4O7S2. The fraction of sp³-hybridized carbons (Fsp3) is 0.600. The van der Waals surface area contributed by atoms with Crippen molar-refractivity contribution in [3.8, 4) is 5.75 Å². The molecule has 0 bridgehead atoms. The van der Waals surface area contributed by atoms with Gasteiger partial charge in [-0.1, -0.05) is 13.0 Å². The van der Waals surface area contributed by atoms with E-state index in [9.17, 15) is 23.1 Å². The fourth-order valence-corrected chi connectivity index (χ4v) is 7.19. The van der Waals surface area contributed by atoms with Crippen LogP contribution in [0.3, 0.4) is 0 Å². The molecule has 1 aromatic carbocycles. The second-order valence-electron chi connectivity index (χ2n) is 11.5. The number of carbonyl (C=O) groups is 2. The molecule has 1 aliphatic rings. The maximum atomic E-state index is 14.2. The molecule has 0 fully saturated rings. The third-order valence-corrected chi connectivity index (χ3v) is 10.5. The minimum absolute atomic E-state index is 0.0694. The van der Waals surface area contributed by atoms with Crippen LogP contribution in [-0.4, -0.2) is 92.3 Å². The van der Waals surface area contributed by atoms with Gasteiger partial charge in [-0.05, 0) is 76.6 Å². The summed E-state index contributed by atoms with van der Waals surface area (Å²) in [5.41, 5.74) is 0.683. The van der Waals surface area contributed by atoms with Gasteiger partial charge in [0.1, 0.15) is 9.96 Å². The Morgan fingerprint density at radius 2 is 1.95 bits per heavy atom. The van der Waals surface area contributed by atoms with Crippen LogP contribution in [0.4, 0.5) is 10.5 Å². The van der Waals surface area contributed by atoms with Gasteiger partial charge in [0, 0.05) is 44.4 Å². The Hall–Kier alpha value is -2.71. The lowest BCUT2D eigenvalue weighted by atomic mass is 10.0. The molecule has 2 aromatic rings. The Kier molecular flexibility index (Phi) is 12.8. The zero-order valence-electron chi connectivity index (χ0n) is 25.9. The summed E-state index contributed by atoms with van der Waals surface area (Å²) in [6, 6.07) is 7.23. The molecule has 0 aliphatic carbocycles. The molecule has 43 heavy (non-hydrogen) atoms. The molecule has 240 valence electrons. The average molecular weight is 639 g/mol. The van der Waals surface area contributed by atoms with Crippen molar-refractivity contribution in [2.24, 2.45) is 5.92 Å². The van der Waals surface area contributed by atoms with Gasteiger partial charge in [0.25, 0.3) is 15.9 Å². The Balaban J connectivity index is 1.96. The second-order valence-corrected chi connectivity index (χ2v) is 14.7. The van der Waals surface area contributed by atoms with E-state index in [1.54, 1.807) is 47.5 Å². The van der Waals surface area contributed by atoms with E-state index in [-0.39, 0.29) is 53.4 Å². The van der Waals surface area contributed by atoms with Crippen molar-refractivity contribution in [3.63, 3.8) is 0 Å². The molecule has 11 nitrogen and oxygen atoms in total. The first-order valence-electron chi connectivity index (χ1n) is 14.7. The Morgan fingerprint density at radius 1 is 1.21 bits per heavy atom. The lowest BCUT2D eigenvalue weighted by molar-refractivity contribution is -0.00832. The number of urea groups is 1. The zero-order valence-corrected chi connectivity index (χ0v) is 27.5. The van der Waals surface area contributed by atoms with E-state index in [1.165, 1.54) is 11.4 Å². The van der Waals surface area contributed by atoms with Gasteiger partial charge in [0.2, 0.25) is 0 Å². The molecule has 4 atom stereocenters. The van der Waals surface area contributed by atoms with E-state index in [2.05, 4.69) is 10.6 Å². The zero-order chi connectivity index (χ0) is 31.7. The molecule has 2 heterocycles. The molecule has 0 saturated carbocycles. The summed E-state index contributed by atoms with van der Waals surface area (Å²) >= 11 is 1.16. The Morgan fingerprint density at radius 3 is 2.60 bits per heavy atom. The van der Waals surface area contributed by atoms with Crippen molar-refractivity contribution < 1.29 is 32.6 Å². The van der Waals surface area contributed by atoms with Crippen LogP contribution in [0.2, 0.25) is 0 Å². The molecule has 3 amide bonds. The summed E-state index contributed by atoms with van der Waals surface area (Å²) in [6.45, 7) is 9.75. The van der Waals surface area contributed by atoms with Crippen LogP contribution in [0.25, 0.3) is 0 Å². The predicted octanol–water partition coefficient (Wildman–Crippen LogP) is 4.39. The number of amides is 3.